The van der Waals surface area contributed by atoms with Crippen LogP contribution in [0.1, 0.15) is 159 Å². The predicted octanol–water partition coefficient (Wildman–Crippen LogP) is 10.2. The maximum absolute atomic E-state index is 12.4. The van der Waals surface area contributed by atoms with Crippen LogP contribution in [0.3, 0.4) is 0 Å². The fourth-order valence-corrected chi connectivity index (χ4v) is 16.7. The molecule has 0 spiro atoms. The first kappa shape index (κ1) is 106. The molecule has 124 heavy (non-hydrogen) atoms. The Morgan fingerprint density at radius 2 is 0.637 bits per heavy atom. The smallest absolute Gasteiger partial charge is 0.324 e. The van der Waals surface area contributed by atoms with Gasteiger partial charge in [-0.15, -0.1) is 0 Å². The Morgan fingerprint density at radius 1 is 0.339 bits per heavy atom. The molecule has 0 saturated carbocycles. The lowest BCUT2D eigenvalue weighted by Gasteiger charge is -2.38. The molecule has 9 aliphatic rings. The quantitative estimate of drug-likeness (QED) is 0.0764. The summed E-state index contributed by atoms with van der Waals surface area (Å²) in [5.74, 6) is 2.52. The monoisotopic (exact) mass is 1730 g/mol. The summed E-state index contributed by atoms with van der Waals surface area (Å²) < 4.78 is 20.6. The second-order valence-corrected chi connectivity index (χ2v) is 36.6. The summed E-state index contributed by atoms with van der Waals surface area (Å²) in [5.41, 5.74) is 3.30. The molecule has 0 radical (unpaired) electrons. The largest absolute Gasteiger partial charge is 0.385 e. The molecule has 0 aliphatic carbocycles. The van der Waals surface area contributed by atoms with Gasteiger partial charge >= 0.3 is 12.1 Å². The molecular weight excluding hydrogens is 1570 g/mol. The average Bonchev–Trinajstić information content (AvgIpc) is 0.924. The Kier molecular flexibility index (Phi) is 50.0. The van der Waals surface area contributed by atoms with Gasteiger partial charge in [0.05, 0.1) is 13.0 Å². The van der Waals surface area contributed by atoms with Gasteiger partial charge in [-0.1, -0.05) is 78.9 Å². The number of methoxy groups -OCH3 is 2. The van der Waals surface area contributed by atoms with E-state index in [0.717, 1.165) is 259 Å². The van der Waals surface area contributed by atoms with Crippen LogP contribution in [0.2, 0.25) is 0 Å². The minimum atomic E-state index is 0.0922. The topological polar surface area (TPSA) is 208 Å². The molecule has 1 atom stereocenters. The highest BCUT2D eigenvalue weighted by Gasteiger charge is 2.32. The number of likely N-dealkylation sites (N-methyl/N-ethyl adjacent to an activating group) is 1. The van der Waals surface area contributed by atoms with E-state index in [1.807, 2.05) is 127 Å². The molecule has 9 fully saturated rings. The van der Waals surface area contributed by atoms with E-state index in [0.29, 0.717) is 117 Å². The van der Waals surface area contributed by atoms with Crippen molar-refractivity contribution in [2.45, 2.75) is 203 Å². The van der Waals surface area contributed by atoms with Gasteiger partial charge in [0.1, 0.15) is 0 Å². The number of nitrogens with zero attached hydrogens (tertiary/aromatic N) is 16. The zero-order valence-electron chi connectivity index (χ0n) is 80.3. The van der Waals surface area contributed by atoms with Crippen molar-refractivity contribution in [3.8, 4) is 0 Å². The molecule has 27 heteroatoms. The van der Waals surface area contributed by atoms with Crippen molar-refractivity contribution in [3.63, 3.8) is 0 Å². The average molecular weight is 1730 g/mol. The van der Waals surface area contributed by atoms with E-state index >= 15 is 0 Å². The van der Waals surface area contributed by atoms with Gasteiger partial charge in [0.2, 0.25) is 29.5 Å². The van der Waals surface area contributed by atoms with Gasteiger partial charge < -0.3 is 58.1 Å². The van der Waals surface area contributed by atoms with Gasteiger partial charge in [0.15, 0.2) is 0 Å². The Hall–Kier alpha value is -6.89. The van der Waals surface area contributed by atoms with Gasteiger partial charge in [-0.3, -0.25) is 63.2 Å². The van der Waals surface area contributed by atoms with E-state index < -0.39 is 0 Å². The second-order valence-electron chi connectivity index (χ2n) is 36.6. The molecule has 1 unspecified atom stereocenters. The standard InChI is InChI=1S/C16H24N2O.C15H23N3O.C15H22N2O.C14H26N2O2.C13H24N2O2.C12H25N3O2.C12H24N2O2/c1-14(2)17-10-12-18(13-11-17)16(19)9-8-15-6-4-3-5-7-15;1-13(2)17-9-11-18(12-10-17)15(19)16(3)14-7-5-4-6-8-14;1-13(2)16-8-10-17(11-9-16)15(18)12-14-6-4-3-5-7-14;1-12(2)15-5-7-16(8-6-15)14(17)11-13-3-9-18-10-4-13;1-11(2)14-4-6-15(7-5-14)13(16)9-12-3-8-17-10-12;1-11(2)14-5-7-15(8-6-14)12(16)13(3)9-10-17-4;1-11(2)13-6-8-14(9-7-13)12(15)5-4-10-16-3/h3-7,14H,8-13H2,1-2H3;4-8,13H,9-12H2,1-3H3;3-7,13H,8-12H2,1-2H3;12-13H,3-11H2,1-2H3;11-12H,3-10H2,1-2H3;11H,5-10H2,1-4H3;11H,4-10H2,1-3H3. The third kappa shape index (κ3) is 39.0. The molecule has 12 rings (SSSR count). The number of hydrogen-bond donors (Lipinski definition) is 0. The van der Waals surface area contributed by atoms with Crippen molar-refractivity contribution >= 4 is 47.3 Å². The Balaban J connectivity index is 0.000000224. The molecule has 9 saturated heterocycles. The van der Waals surface area contributed by atoms with Crippen molar-refractivity contribution in [1.29, 1.82) is 0 Å². The SMILES string of the molecule is CC(C)N1CCN(C(=O)CC2CCOC2)CC1.CC(C)N1CCN(C(=O)CC2CCOCC2)CC1.CC(C)N1CCN(C(=O)CCc2ccccc2)CC1.CC(C)N1CCN(C(=O)Cc2ccccc2)CC1.CC(C)N1CCN(C(=O)N(C)c2ccccc2)CC1.COCCCC(=O)N1CCN(C(C)C)CC1.COCCN(C)C(=O)N1CCN(C(C)C)CC1. The first-order valence-electron chi connectivity index (χ1n) is 47.3. The first-order valence-corrected chi connectivity index (χ1v) is 47.3. The molecule has 9 heterocycles. The maximum Gasteiger partial charge on any atom is 0.324 e. The van der Waals surface area contributed by atoms with Crippen LogP contribution in [-0.2, 0) is 55.8 Å². The number of benzene rings is 3. The van der Waals surface area contributed by atoms with Gasteiger partial charge in [-0.2, -0.15) is 0 Å². The summed E-state index contributed by atoms with van der Waals surface area (Å²) in [6.07, 6.45) is 8.04. The van der Waals surface area contributed by atoms with Crippen LogP contribution < -0.4 is 4.90 Å². The molecule has 0 N–H and O–H groups in total. The van der Waals surface area contributed by atoms with Crippen LogP contribution in [0.15, 0.2) is 91.0 Å². The van der Waals surface area contributed by atoms with Gasteiger partial charge in [-0.05, 0) is 164 Å². The summed E-state index contributed by atoms with van der Waals surface area (Å²) in [6, 6.07) is 34.3. The van der Waals surface area contributed by atoms with E-state index in [4.69, 9.17) is 18.9 Å². The van der Waals surface area contributed by atoms with Crippen molar-refractivity contribution in [3.05, 3.63) is 102 Å². The first-order chi connectivity index (χ1) is 59.5. The zero-order chi connectivity index (χ0) is 90.5. The highest BCUT2D eigenvalue weighted by atomic mass is 16.5. The maximum atomic E-state index is 12.4. The van der Waals surface area contributed by atoms with Crippen LogP contribution in [-0.4, -0.2) is 415 Å². The number of aryl methyl sites for hydroxylation is 1. The van der Waals surface area contributed by atoms with E-state index in [9.17, 15) is 33.6 Å². The van der Waals surface area contributed by atoms with Crippen LogP contribution in [0.5, 0.6) is 0 Å². The number of carbonyl (C=O) groups excluding carboxylic acids is 7. The normalized spacial score (nSPS) is 19.5. The van der Waals surface area contributed by atoms with Crippen molar-refractivity contribution in [1.82, 2.24) is 73.5 Å². The number of piperazine rings is 7. The third-order valence-electron chi connectivity index (χ3n) is 25.7. The molecule has 0 bridgehead atoms. The Labute approximate surface area is 749 Å². The molecule has 3 aromatic carbocycles. The summed E-state index contributed by atoms with van der Waals surface area (Å²) >= 11 is 0. The number of anilines is 1. The van der Waals surface area contributed by atoms with Gasteiger partial charge in [0, 0.05) is 325 Å². The number of rotatable bonds is 24. The summed E-state index contributed by atoms with van der Waals surface area (Å²) in [4.78, 5) is 119. The molecule has 9 aliphatic heterocycles. The van der Waals surface area contributed by atoms with Crippen molar-refractivity contribution < 1.29 is 52.5 Å². The number of urea groups is 2. The highest BCUT2D eigenvalue weighted by molar-refractivity contribution is 5.91. The van der Waals surface area contributed by atoms with Crippen LogP contribution >= 0.6 is 0 Å². The molecule has 9 amide bonds. The lowest BCUT2D eigenvalue weighted by molar-refractivity contribution is -0.135. The summed E-state index contributed by atoms with van der Waals surface area (Å²) in [5, 5.41) is 0. The lowest BCUT2D eigenvalue weighted by atomic mass is 9.96. The number of carbonyl (C=O) groups is 7. The number of hydrogen-bond acceptors (Lipinski definition) is 18. The number of ether oxygens (including phenoxy) is 4. The molecular formula is C97H168N16O11. The third-order valence-corrected chi connectivity index (χ3v) is 25.7. The zero-order valence-corrected chi connectivity index (χ0v) is 80.3. The fraction of sp³-hybridized carbons (Fsp3) is 0.742. The number of para-hydroxylation sites is 1. The van der Waals surface area contributed by atoms with E-state index in [1.165, 1.54) is 5.56 Å². The van der Waals surface area contributed by atoms with E-state index in [2.05, 4.69) is 143 Å². The minimum absolute atomic E-state index is 0.0922. The van der Waals surface area contributed by atoms with Crippen LogP contribution in [0, 0.1) is 11.8 Å². The van der Waals surface area contributed by atoms with Crippen molar-refractivity contribution in [2.24, 2.45) is 11.8 Å². The Bertz CT molecular complexity index is 3390. The fourth-order valence-electron chi connectivity index (χ4n) is 16.7. The highest BCUT2D eigenvalue weighted by Crippen LogP contribution is 2.23. The molecule has 0 aromatic heterocycles. The van der Waals surface area contributed by atoms with Crippen LogP contribution in [0.4, 0.5) is 15.3 Å². The molecule has 3 aromatic rings. The summed E-state index contributed by atoms with van der Waals surface area (Å²) in [6.45, 7) is 62.2. The van der Waals surface area contributed by atoms with E-state index in [-0.39, 0.29) is 23.9 Å². The second kappa shape index (κ2) is 58.5. The van der Waals surface area contributed by atoms with Crippen LogP contribution in [0.25, 0.3) is 0 Å². The van der Waals surface area contributed by atoms with E-state index in [1.54, 1.807) is 24.0 Å². The van der Waals surface area contributed by atoms with Crippen molar-refractivity contribution in [2.75, 3.05) is 263 Å². The molecule has 27 nitrogen and oxygen atoms in total. The Morgan fingerprint density at radius 3 is 0.984 bits per heavy atom. The van der Waals surface area contributed by atoms with Gasteiger partial charge in [-0.25, -0.2) is 9.59 Å². The minimum Gasteiger partial charge on any atom is -0.385 e. The predicted molar refractivity (Wildman–Crippen MR) is 501 cm³/mol. The number of amides is 9. The lowest BCUT2D eigenvalue weighted by Crippen LogP contribution is -2.53. The van der Waals surface area contributed by atoms with Gasteiger partial charge in [0.25, 0.3) is 0 Å². The molecule has 702 valence electrons. The summed E-state index contributed by atoms with van der Waals surface area (Å²) in [7, 11) is 6.99.